The third-order valence-electron chi connectivity index (χ3n) is 4.71. The molecule has 3 aromatic heterocycles. The molecule has 4 rings (SSSR count). The zero-order chi connectivity index (χ0) is 20.9. The van der Waals surface area contributed by atoms with Crippen LogP contribution in [0.25, 0.3) is 22.6 Å². The fourth-order valence-electron chi connectivity index (χ4n) is 3.25. The molecule has 1 N–H and O–H groups in total. The number of hydrogen-bond donors (Lipinski definition) is 1. The Balaban J connectivity index is 1.54. The lowest BCUT2D eigenvalue weighted by Gasteiger charge is -2.11. The van der Waals surface area contributed by atoms with Crippen molar-refractivity contribution in [2.75, 3.05) is 20.8 Å². The molecular weight excluding hydrogens is 382 g/mol. The first-order chi connectivity index (χ1) is 14.7. The van der Waals surface area contributed by atoms with Crippen LogP contribution in [-0.2, 0) is 6.54 Å². The summed E-state index contributed by atoms with van der Waals surface area (Å²) in [6, 6.07) is 12.7. The number of nitrogens with one attached hydrogen (secondary N) is 1. The topological polar surface area (TPSA) is 91.2 Å². The average molecular weight is 403 g/mol. The van der Waals surface area contributed by atoms with E-state index in [1.165, 1.54) is 7.11 Å². The highest BCUT2D eigenvalue weighted by Gasteiger charge is 2.14. The lowest BCUT2D eigenvalue weighted by atomic mass is 10.2. The van der Waals surface area contributed by atoms with Crippen LogP contribution in [-0.4, -0.2) is 46.2 Å². The van der Waals surface area contributed by atoms with Gasteiger partial charge in [0.2, 0.25) is 0 Å². The average Bonchev–Trinajstić information content (AvgIpc) is 3.17. The Bertz CT molecular complexity index is 1170. The second kappa shape index (κ2) is 8.60. The standard InChI is InChI=1S/C22H21N5O3/c1-29-18-6-5-16(14-19(18)30-2)22(28)25-12-13-27-20(15-7-10-23-11-8-15)26-17-4-3-9-24-21(17)27/h3-11,14H,12-13H2,1-2H3,(H,25,28). The number of carbonyl (C=O) groups excluding carboxylic acids is 1. The van der Waals surface area contributed by atoms with E-state index in [4.69, 9.17) is 14.5 Å². The number of imidazole rings is 1. The SMILES string of the molecule is COc1ccc(C(=O)NCCn2c(-c3ccncc3)nc3cccnc32)cc1OC. The van der Waals surface area contributed by atoms with Gasteiger partial charge in [-0.25, -0.2) is 9.97 Å². The number of hydrogen-bond acceptors (Lipinski definition) is 6. The molecule has 0 fully saturated rings. The molecule has 30 heavy (non-hydrogen) atoms. The van der Waals surface area contributed by atoms with Gasteiger partial charge in [-0.05, 0) is 42.5 Å². The highest BCUT2D eigenvalue weighted by atomic mass is 16.5. The van der Waals surface area contributed by atoms with E-state index in [1.54, 1.807) is 43.9 Å². The van der Waals surface area contributed by atoms with Crippen molar-refractivity contribution in [3.63, 3.8) is 0 Å². The molecule has 0 radical (unpaired) electrons. The maximum absolute atomic E-state index is 12.6. The molecule has 0 bridgehead atoms. The fourth-order valence-corrected chi connectivity index (χ4v) is 3.25. The van der Waals surface area contributed by atoms with Crippen molar-refractivity contribution >= 4 is 17.1 Å². The first-order valence-electron chi connectivity index (χ1n) is 9.43. The number of methoxy groups -OCH3 is 2. The number of rotatable bonds is 7. The first-order valence-corrected chi connectivity index (χ1v) is 9.43. The summed E-state index contributed by atoms with van der Waals surface area (Å²) in [5.41, 5.74) is 3.00. The number of aromatic nitrogens is 4. The molecule has 0 aliphatic carbocycles. The maximum Gasteiger partial charge on any atom is 0.251 e. The van der Waals surface area contributed by atoms with Crippen molar-refractivity contribution in [2.24, 2.45) is 0 Å². The molecule has 1 aromatic carbocycles. The minimum atomic E-state index is -0.196. The lowest BCUT2D eigenvalue weighted by Crippen LogP contribution is -2.27. The number of nitrogens with zero attached hydrogens (tertiary/aromatic N) is 4. The Hall–Kier alpha value is -3.94. The Labute approximate surface area is 173 Å². The van der Waals surface area contributed by atoms with Gasteiger partial charge in [0.25, 0.3) is 5.91 Å². The van der Waals surface area contributed by atoms with Crippen LogP contribution in [0.3, 0.4) is 0 Å². The van der Waals surface area contributed by atoms with E-state index < -0.39 is 0 Å². The van der Waals surface area contributed by atoms with Crippen LogP contribution in [0.15, 0.2) is 61.1 Å². The predicted molar refractivity (Wildman–Crippen MR) is 113 cm³/mol. The zero-order valence-corrected chi connectivity index (χ0v) is 16.7. The summed E-state index contributed by atoms with van der Waals surface area (Å²) in [5.74, 6) is 1.67. The van der Waals surface area contributed by atoms with Crippen molar-refractivity contribution < 1.29 is 14.3 Å². The minimum Gasteiger partial charge on any atom is -0.493 e. The molecule has 0 spiro atoms. The Kier molecular flexibility index (Phi) is 5.56. The third-order valence-corrected chi connectivity index (χ3v) is 4.71. The summed E-state index contributed by atoms with van der Waals surface area (Å²) < 4.78 is 12.5. The number of pyridine rings is 2. The molecule has 0 aliphatic heterocycles. The summed E-state index contributed by atoms with van der Waals surface area (Å²) in [7, 11) is 3.10. The first kappa shape index (κ1) is 19.4. The Morgan fingerprint density at radius 3 is 2.60 bits per heavy atom. The second-order valence-corrected chi connectivity index (χ2v) is 6.49. The van der Waals surface area contributed by atoms with E-state index in [-0.39, 0.29) is 5.91 Å². The van der Waals surface area contributed by atoms with E-state index in [0.29, 0.717) is 30.2 Å². The van der Waals surface area contributed by atoms with Crippen LogP contribution < -0.4 is 14.8 Å². The van der Waals surface area contributed by atoms with E-state index in [9.17, 15) is 4.79 Å². The molecule has 4 aromatic rings. The number of fused-ring (bicyclic) bond motifs is 1. The molecular formula is C22H21N5O3. The quantitative estimate of drug-likeness (QED) is 0.510. The molecule has 0 saturated heterocycles. The summed E-state index contributed by atoms with van der Waals surface area (Å²) in [4.78, 5) is 25.9. The van der Waals surface area contributed by atoms with E-state index in [0.717, 1.165) is 22.6 Å². The van der Waals surface area contributed by atoms with Gasteiger partial charge in [-0.1, -0.05) is 0 Å². The molecule has 8 nitrogen and oxygen atoms in total. The molecule has 152 valence electrons. The van der Waals surface area contributed by atoms with Crippen LogP contribution in [0.5, 0.6) is 11.5 Å². The largest absolute Gasteiger partial charge is 0.493 e. The van der Waals surface area contributed by atoms with Gasteiger partial charge < -0.3 is 19.4 Å². The number of ether oxygens (including phenoxy) is 2. The van der Waals surface area contributed by atoms with Gasteiger partial charge in [0.05, 0.1) is 14.2 Å². The van der Waals surface area contributed by atoms with Crippen LogP contribution in [0.1, 0.15) is 10.4 Å². The van der Waals surface area contributed by atoms with Gasteiger partial charge in [0, 0.05) is 42.8 Å². The highest BCUT2D eigenvalue weighted by molar-refractivity contribution is 5.94. The third kappa shape index (κ3) is 3.80. The highest BCUT2D eigenvalue weighted by Crippen LogP contribution is 2.27. The van der Waals surface area contributed by atoms with Crippen LogP contribution in [0.4, 0.5) is 0 Å². The monoisotopic (exact) mass is 403 g/mol. The normalized spacial score (nSPS) is 10.7. The Morgan fingerprint density at radius 1 is 1.03 bits per heavy atom. The fraction of sp³-hybridized carbons (Fsp3) is 0.182. The molecule has 1 amide bonds. The van der Waals surface area contributed by atoms with Crippen LogP contribution >= 0.6 is 0 Å². The molecule has 3 heterocycles. The van der Waals surface area contributed by atoms with E-state index in [2.05, 4.69) is 15.3 Å². The molecule has 0 unspecified atom stereocenters. The van der Waals surface area contributed by atoms with E-state index >= 15 is 0 Å². The smallest absolute Gasteiger partial charge is 0.251 e. The van der Waals surface area contributed by atoms with Crippen molar-refractivity contribution in [2.45, 2.75) is 6.54 Å². The molecule has 0 atom stereocenters. The Morgan fingerprint density at radius 2 is 1.83 bits per heavy atom. The maximum atomic E-state index is 12.6. The van der Waals surface area contributed by atoms with E-state index in [1.807, 2.05) is 28.8 Å². The van der Waals surface area contributed by atoms with Gasteiger partial charge in [0.15, 0.2) is 17.1 Å². The summed E-state index contributed by atoms with van der Waals surface area (Å²) in [6.07, 6.45) is 5.19. The van der Waals surface area contributed by atoms with Gasteiger partial charge >= 0.3 is 0 Å². The van der Waals surface area contributed by atoms with Crippen molar-refractivity contribution in [1.29, 1.82) is 0 Å². The summed E-state index contributed by atoms with van der Waals surface area (Å²) in [5, 5.41) is 2.95. The lowest BCUT2D eigenvalue weighted by molar-refractivity contribution is 0.0952. The van der Waals surface area contributed by atoms with Gasteiger partial charge in [-0.2, -0.15) is 0 Å². The number of benzene rings is 1. The predicted octanol–water partition coefficient (Wildman–Crippen LogP) is 2.94. The van der Waals surface area contributed by atoms with Gasteiger partial charge in [-0.15, -0.1) is 0 Å². The number of carbonyl (C=O) groups is 1. The molecule has 0 aliphatic rings. The number of amides is 1. The van der Waals surface area contributed by atoms with Crippen LogP contribution in [0.2, 0.25) is 0 Å². The van der Waals surface area contributed by atoms with Crippen molar-refractivity contribution in [1.82, 2.24) is 24.8 Å². The summed E-state index contributed by atoms with van der Waals surface area (Å²) >= 11 is 0. The van der Waals surface area contributed by atoms with Crippen LogP contribution in [0, 0.1) is 0 Å². The summed E-state index contributed by atoms with van der Waals surface area (Å²) in [6.45, 7) is 0.928. The van der Waals surface area contributed by atoms with Crippen molar-refractivity contribution in [3.05, 3.63) is 66.6 Å². The van der Waals surface area contributed by atoms with Gasteiger partial charge in [0.1, 0.15) is 11.3 Å². The molecule has 0 saturated carbocycles. The van der Waals surface area contributed by atoms with Crippen molar-refractivity contribution in [3.8, 4) is 22.9 Å². The second-order valence-electron chi connectivity index (χ2n) is 6.49. The molecule has 8 heteroatoms. The zero-order valence-electron chi connectivity index (χ0n) is 16.7. The minimum absolute atomic E-state index is 0.196. The van der Waals surface area contributed by atoms with Gasteiger partial charge in [-0.3, -0.25) is 9.78 Å².